The van der Waals surface area contributed by atoms with Gasteiger partial charge in [0, 0.05) is 31.5 Å². The Labute approximate surface area is 118 Å². The fourth-order valence-electron chi connectivity index (χ4n) is 2.50. The standard InChI is InChI=1S/C13H19N7/c1-18(2)10-4-7-19(9-10)11-8-15-13(17-12(11)14)20-6-3-5-16-20/h3,5-6,8,10H,4,7,9H2,1-2H3,(H2,14,15,17). The molecule has 0 radical (unpaired) electrons. The van der Waals surface area contributed by atoms with Crippen molar-refractivity contribution in [2.75, 3.05) is 37.8 Å². The molecule has 0 saturated carbocycles. The molecule has 1 atom stereocenters. The fourth-order valence-corrected chi connectivity index (χ4v) is 2.50. The molecule has 1 saturated heterocycles. The second kappa shape index (κ2) is 5.09. The van der Waals surface area contributed by atoms with E-state index >= 15 is 0 Å². The number of nitrogen functional groups attached to an aromatic ring is 1. The molecule has 7 nitrogen and oxygen atoms in total. The highest BCUT2D eigenvalue weighted by molar-refractivity contribution is 5.63. The van der Waals surface area contributed by atoms with Gasteiger partial charge in [-0.25, -0.2) is 9.67 Å². The predicted octanol–water partition coefficient (Wildman–Crippen LogP) is 0.385. The molecule has 2 aromatic heterocycles. The van der Waals surface area contributed by atoms with Crippen LogP contribution in [0.25, 0.3) is 5.95 Å². The van der Waals surface area contributed by atoms with Gasteiger partial charge in [-0.05, 0) is 26.6 Å². The highest BCUT2D eigenvalue weighted by Crippen LogP contribution is 2.26. The van der Waals surface area contributed by atoms with Gasteiger partial charge in [0.05, 0.1) is 11.9 Å². The van der Waals surface area contributed by atoms with Gasteiger partial charge in [-0.2, -0.15) is 10.1 Å². The molecule has 20 heavy (non-hydrogen) atoms. The molecule has 1 aliphatic heterocycles. The Bertz CT molecular complexity index is 578. The van der Waals surface area contributed by atoms with Gasteiger partial charge in [-0.15, -0.1) is 0 Å². The summed E-state index contributed by atoms with van der Waals surface area (Å²) in [4.78, 5) is 13.2. The van der Waals surface area contributed by atoms with Crippen molar-refractivity contribution in [3.05, 3.63) is 24.7 Å². The number of hydrogen-bond acceptors (Lipinski definition) is 6. The van der Waals surface area contributed by atoms with Crippen LogP contribution in [0.5, 0.6) is 0 Å². The smallest absolute Gasteiger partial charge is 0.252 e. The SMILES string of the molecule is CN(C)C1CCN(c2cnc(-n3cccn3)nc2N)C1. The number of aromatic nitrogens is 4. The molecular formula is C13H19N7. The highest BCUT2D eigenvalue weighted by atomic mass is 15.3. The van der Waals surface area contributed by atoms with Crippen molar-refractivity contribution >= 4 is 11.5 Å². The molecule has 2 N–H and O–H groups in total. The Hall–Kier alpha value is -2.15. The summed E-state index contributed by atoms with van der Waals surface area (Å²) >= 11 is 0. The lowest BCUT2D eigenvalue weighted by Crippen LogP contribution is -2.31. The molecule has 0 aliphatic carbocycles. The lowest BCUT2D eigenvalue weighted by Gasteiger charge is -2.22. The van der Waals surface area contributed by atoms with E-state index in [1.165, 1.54) is 0 Å². The monoisotopic (exact) mass is 273 g/mol. The number of rotatable bonds is 3. The van der Waals surface area contributed by atoms with Crippen LogP contribution >= 0.6 is 0 Å². The first-order chi connectivity index (χ1) is 9.65. The van der Waals surface area contributed by atoms with Crippen LogP contribution in [-0.4, -0.2) is 57.9 Å². The molecule has 3 rings (SSSR count). The van der Waals surface area contributed by atoms with Gasteiger partial charge < -0.3 is 15.5 Å². The van der Waals surface area contributed by atoms with Gasteiger partial charge in [0.1, 0.15) is 0 Å². The van der Waals surface area contributed by atoms with Crippen LogP contribution in [0, 0.1) is 0 Å². The molecule has 0 bridgehead atoms. The van der Waals surface area contributed by atoms with Gasteiger partial charge in [-0.3, -0.25) is 0 Å². The normalized spacial score (nSPS) is 18.9. The quantitative estimate of drug-likeness (QED) is 0.871. The molecule has 7 heteroatoms. The summed E-state index contributed by atoms with van der Waals surface area (Å²) in [6.07, 6.45) is 6.41. The molecule has 3 heterocycles. The van der Waals surface area contributed by atoms with E-state index in [0.29, 0.717) is 17.8 Å². The van der Waals surface area contributed by atoms with Crippen LogP contribution < -0.4 is 10.6 Å². The fraction of sp³-hybridized carbons (Fsp3) is 0.462. The number of nitrogens with two attached hydrogens (primary N) is 1. The Morgan fingerprint density at radius 1 is 1.40 bits per heavy atom. The topological polar surface area (TPSA) is 76.1 Å². The van der Waals surface area contributed by atoms with E-state index in [0.717, 1.165) is 25.2 Å². The van der Waals surface area contributed by atoms with Crippen LogP contribution in [-0.2, 0) is 0 Å². The summed E-state index contributed by atoms with van der Waals surface area (Å²) in [5.74, 6) is 1.00. The average molecular weight is 273 g/mol. The lowest BCUT2D eigenvalue weighted by molar-refractivity contribution is 0.315. The van der Waals surface area contributed by atoms with Gasteiger partial charge in [-0.1, -0.05) is 0 Å². The maximum atomic E-state index is 6.08. The number of likely N-dealkylation sites (N-methyl/N-ethyl adjacent to an activating group) is 1. The van der Waals surface area contributed by atoms with Crippen molar-refractivity contribution in [2.45, 2.75) is 12.5 Å². The van der Waals surface area contributed by atoms with Gasteiger partial charge in [0.2, 0.25) is 0 Å². The first kappa shape index (κ1) is 12.9. The molecule has 0 aromatic carbocycles. The lowest BCUT2D eigenvalue weighted by atomic mass is 10.2. The van der Waals surface area contributed by atoms with Crippen molar-refractivity contribution in [1.29, 1.82) is 0 Å². The number of nitrogens with zero attached hydrogens (tertiary/aromatic N) is 6. The summed E-state index contributed by atoms with van der Waals surface area (Å²) in [5, 5.41) is 4.11. The van der Waals surface area contributed by atoms with Crippen molar-refractivity contribution in [2.24, 2.45) is 0 Å². The van der Waals surface area contributed by atoms with Crippen molar-refractivity contribution in [1.82, 2.24) is 24.6 Å². The third kappa shape index (κ3) is 2.32. The summed E-state index contributed by atoms with van der Waals surface area (Å²) in [6, 6.07) is 2.38. The minimum absolute atomic E-state index is 0.500. The van der Waals surface area contributed by atoms with Crippen molar-refractivity contribution < 1.29 is 0 Å². The summed E-state index contributed by atoms with van der Waals surface area (Å²) in [5.41, 5.74) is 6.99. The molecule has 1 unspecified atom stereocenters. The molecule has 1 aliphatic rings. The Morgan fingerprint density at radius 2 is 2.25 bits per heavy atom. The van der Waals surface area contributed by atoms with Crippen LogP contribution in [0.2, 0.25) is 0 Å². The van der Waals surface area contributed by atoms with Crippen LogP contribution in [0.1, 0.15) is 6.42 Å². The molecule has 0 spiro atoms. The number of anilines is 2. The summed E-state index contributed by atoms with van der Waals surface area (Å²) in [6.45, 7) is 1.94. The Kier molecular flexibility index (Phi) is 3.27. The molecule has 0 amide bonds. The zero-order valence-electron chi connectivity index (χ0n) is 11.8. The Morgan fingerprint density at radius 3 is 2.85 bits per heavy atom. The highest BCUT2D eigenvalue weighted by Gasteiger charge is 2.26. The predicted molar refractivity (Wildman–Crippen MR) is 77.9 cm³/mol. The van der Waals surface area contributed by atoms with Gasteiger partial charge in [0.25, 0.3) is 5.95 Å². The summed E-state index contributed by atoms with van der Waals surface area (Å²) in [7, 11) is 4.21. The first-order valence-corrected chi connectivity index (χ1v) is 6.69. The van der Waals surface area contributed by atoms with E-state index in [1.807, 2.05) is 6.07 Å². The first-order valence-electron chi connectivity index (χ1n) is 6.69. The third-order valence-corrected chi connectivity index (χ3v) is 3.73. The van der Waals surface area contributed by atoms with E-state index in [2.05, 4.69) is 39.0 Å². The largest absolute Gasteiger partial charge is 0.382 e. The minimum Gasteiger partial charge on any atom is -0.382 e. The third-order valence-electron chi connectivity index (χ3n) is 3.73. The van der Waals surface area contributed by atoms with Crippen LogP contribution in [0.15, 0.2) is 24.7 Å². The zero-order chi connectivity index (χ0) is 14.1. The van der Waals surface area contributed by atoms with Crippen LogP contribution in [0.3, 0.4) is 0 Å². The Balaban J connectivity index is 1.82. The molecule has 106 valence electrons. The molecular weight excluding hydrogens is 254 g/mol. The van der Waals surface area contributed by atoms with Crippen molar-refractivity contribution in [3.8, 4) is 5.95 Å². The second-order valence-electron chi connectivity index (χ2n) is 5.24. The van der Waals surface area contributed by atoms with E-state index < -0.39 is 0 Å². The maximum Gasteiger partial charge on any atom is 0.252 e. The van der Waals surface area contributed by atoms with Crippen LogP contribution in [0.4, 0.5) is 11.5 Å². The average Bonchev–Trinajstić information content (AvgIpc) is 3.10. The van der Waals surface area contributed by atoms with E-state index in [4.69, 9.17) is 5.73 Å². The van der Waals surface area contributed by atoms with Gasteiger partial charge in [0.15, 0.2) is 5.82 Å². The second-order valence-corrected chi connectivity index (χ2v) is 5.24. The summed E-state index contributed by atoms with van der Waals surface area (Å²) < 4.78 is 1.60. The van der Waals surface area contributed by atoms with E-state index in [-0.39, 0.29) is 0 Å². The minimum atomic E-state index is 0.500. The van der Waals surface area contributed by atoms with Gasteiger partial charge >= 0.3 is 0 Å². The maximum absolute atomic E-state index is 6.08. The molecule has 2 aromatic rings. The van der Waals surface area contributed by atoms with E-state index in [1.54, 1.807) is 23.3 Å². The van der Waals surface area contributed by atoms with Crippen molar-refractivity contribution in [3.63, 3.8) is 0 Å². The number of hydrogen-bond donors (Lipinski definition) is 1. The molecule has 1 fully saturated rings. The zero-order valence-corrected chi connectivity index (χ0v) is 11.8. The van der Waals surface area contributed by atoms with E-state index in [9.17, 15) is 0 Å².